The first-order valence-corrected chi connectivity index (χ1v) is 6.07. The summed E-state index contributed by atoms with van der Waals surface area (Å²) >= 11 is 0. The summed E-state index contributed by atoms with van der Waals surface area (Å²) in [7, 11) is 0. The Kier molecular flexibility index (Phi) is 3.52. The van der Waals surface area contributed by atoms with Gasteiger partial charge in [0.2, 0.25) is 5.91 Å². The second kappa shape index (κ2) is 5.09. The molecule has 1 unspecified atom stereocenters. The third-order valence-corrected chi connectivity index (χ3v) is 2.83. The lowest BCUT2D eigenvalue weighted by atomic mass is 10.1. The van der Waals surface area contributed by atoms with Crippen molar-refractivity contribution in [2.75, 3.05) is 11.4 Å². The Morgan fingerprint density at radius 3 is 2.56 bits per heavy atom. The highest BCUT2D eigenvalue weighted by atomic mass is 16.5. The lowest BCUT2D eigenvalue weighted by Gasteiger charge is -2.17. The molecule has 0 bridgehead atoms. The molecule has 1 aromatic rings. The second-order valence-electron chi connectivity index (χ2n) is 4.69. The Morgan fingerprint density at radius 2 is 2.06 bits per heavy atom. The van der Waals surface area contributed by atoms with Gasteiger partial charge in [0.25, 0.3) is 0 Å². The average Bonchev–Trinajstić information content (AvgIpc) is 2.71. The third kappa shape index (κ3) is 2.62. The number of anilines is 1. The molecule has 0 aromatic heterocycles. The number of nitriles is 1. The maximum absolute atomic E-state index is 11.8. The molecule has 1 amide bonds. The summed E-state index contributed by atoms with van der Waals surface area (Å²) in [6.07, 6.45) is 0.452. The van der Waals surface area contributed by atoms with Crippen LogP contribution in [-0.4, -0.2) is 18.6 Å². The topological polar surface area (TPSA) is 53.3 Å². The average molecular weight is 244 g/mol. The van der Waals surface area contributed by atoms with E-state index in [1.807, 2.05) is 38.1 Å². The van der Waals surface area contributed by atoms with E-state index >= 15 is 0 Å². The lowest BCUT2D eigenvalue weighted by molar-refractivity contribution is -0.117. The quantitative estimate of drug-likeness (QED) is 0.820. The Morgan fingerprint density at radius 1 is 1.39 bits per heavy atom. The first-order valence-electron chi connectivity index (χ1n) is 6.07. The van der Waals surface area contributed by atoms with Gasteiger partial charge in [-0.15, -0.1) is 0 Å². The SMILES string of the molecule is CC(C)Oc1ccc(N2CC(C#N)CC2=O)cc1. The Bertz CT molecular complexity index is 474. The van der Waals surface area contributed by atoms with Crippen molar-refractivity contribution in [2.24, 2.45) is 5.92 Å². The van der Waals surface area contributed by atoms with E-state index in [1.54, 1.807) is 4.90 Å². The van der Waals surface area contributed by atoms with Crippen molar-refractivity contribution in [2.45, 2.75) is 26.4 Å². The van der Waals surface area contributed by atoms with Gasteiger partial charge in [-0.05, 0) is 38.1 Å². The number of carbonyl (C=O) groups is 1. The van der Waals surface area contributed by atoms with Gasteiger partial charge < -0.3 is 9.64 Å². The minimum atomic E-state index is -0.191. The van der Waals surface area contributed by atoms with Gasteiger partial charge in [-0.1, -0.05) is 0 Å². The molecule has 1 aliphatic heterocycles. The predicted octanol–water partition coefficient (Wildman–Crippen LogP) is 2.35. The number of benzene rings is 1. The molecule has 0 saturated carbocycles. The fraction of sp³-hybridized carbons (Fsp3) is 0.429. The summed E-state index contributed by atoms with van der Waals surface area (Å²) in [5.41, 5.74) is 0.828. The smallest absolute Gasteiger partial charge is 0.228 e. The Balaban J connectivity index is 2.11. The molecule has 0 radical (unpaired) electrons. The fourth-order valence-corrected chi connectivity index (χ4v) is 2.02. The maximum atomic E-state index is 11.8. The summed E-state index contributed by atoms with van der Waals surface area (Å²) < 4.78 is 5.55. The highest BCUT2D eigenvalue weighted by molar-refractivity contribution is 5.96. The van der Waals surface area contributed by atoms with E-state index in [4.69, 9.17) is 10.00 Å². The van der Waals surface area contributed by atoms with Gasteiger partial charge in [-0.3, -0.25) is 4.79 Å². The van der Waals surface area contributed by atoms with Crippen molar-refractivity contribution in [3.8, 4) is 11.8 Å². The molecule has 1 fully saturated rings. The highest BCUT2D eigenvalue weighted by Crippen LogP contribution is 2.26. The van der Waals surface area contributed by atoms with Crippen molar-refractivity contribution < 1.29 is 9.53 Å². The summed E-state index contributed by atoms with van der Waals surface area (Å²) in [5.74, 6) is 0.611. The van der Waals surface area contributed by atoms with Crippen LogP contribution in [0.2, 0.25) is 0 Å². The molecule has 18 heavy (non-hydrogen) atoms. The molecule has 1 saturated heterocycles. The standard InChI is InChI=1S/C14H16N2O2/c1-10(2)18-13-5-3-12(4-6-13)16-9-11(8-15)7-14(16)17/h3-6,10-11H,7,9H2,1-2H3. The monoisotopic (exact) mass is 244 g/mol. The summed E-state index contributed by atoms with van der Waals surface area (Å²) in [5, 5.41) is 8.84. The number of carbonyl (C=O) groups excluding carboxylic acids is 1. The van der Waals surface area contributed by atoms with Crippen LogP contribution in [0.4, 0.5) is 5.69 Å². The van der Waals surface area contributed by atoms with Crippen molar-refractivity contribution in [1.82, 2.24) is 0 Å². The minimum Gasteiger partial charge on any atom is -0.491 e. The van der Waals surface area contributed by atoms with Gasteiger partial charge in [-0.25, -0.2) is 0 Å². The van der Waals surface area contributed by atoms with E-state index in [1.165, 1.54) is 0 Å². The number of ether oxygens (including phenoxy) is 1. The molecule has 1 aromatic carbocycles. The molecular weight excluding hydrogens is 228 g/mol. The van der Waals surface area contributed by atoms with Gasteiger partial charge in [0, 0.05) is 18.7 Å². The van der Waals surface area contributed by atoms with Crippen LogP contribution in [0, 0.1) is 17.2 Å². The van der Waals surface area contributed by atoms with Crippen LogP contribution in [0.1, 0.15) is 20.3 Å². The largest absolute Gasteiger partial charge is 0.491 e. The fourth-order valence-electron chi connectivity index (χ4n) is 2.02. The van der Waals surface area contributed by atoms with Gasteiger partial charge >= 0.3 is 0 Å². The van der Waals surface area contributed by atoms with E-state index in [0.717, 1.165) is 11.4 Å². The number of rotatable bonds is 3. The van der Waals surface area contributed by atoms with Crippen molar-refractivity contribution in [1.29, 1.82) is 5.26 Å². The van der Waals surface area contributed by atoms with Gasteiger partial charge in [0.15, 0.2) is 0 Å². The van der Waals surface area contributed by atoms with Crippen LogP contribution in [0.25, 0.3) is 0 Å². The molecule has 0 spiro atoms. The molecule has 2 rings (SSSR count). The summed E-state index contributed by atoms with van der Waals surface area (Å²) in [6.45, 7) is 4.42. The van der Waals surface area contributed by atoms with E-state index in [0.29, 0.717) is 13.0 Å². The first kappa shape index (κ1) is 12.4. The first-order chi connectivity index (χ1) is 8.60. The van der Waals surface area contributed by atoms with Gasteiger partial charge in [0.05, 0.1) is 18.1 Å². The summed E-state index contributed by atoms with van der Waals surface area (Å²) in [6, 6.07) is 9.56. The van der Waals surface area contributed by atoms with Crippen molar-refractivity contribution in [3.63, 3.8) is 0 Å². The number of hydrogen-bond acceptors (Lipinski definition) is 3. The second-order valence-corrected chi connectivity index (χ2v) is 4.69. The van der Waals surface area contributed by atoms with E-state index in [-0.39, 0.29) is 17.9 Å². The molecule has 4 nitrogen and oxygen atoms in total. The van der Waals surface area contributed by atoms with E-state index < -0.39 is 0 Å². The third-order valence-electron chi connectivity index (χ3n) is 2.83. The molecular formula is C14H16N2O2. The van der Waals surface area contributed by atoms with Crippen LogP contribution >= 0.6 is 0 Å². The van der Waals surface area contributed by atoms with Crippen LogP contribution in [-0.2, 0) is 4.79 Å². The predicted molar refractivity (Wildman–Crippen MR) is 68.3 cm³/mol. The molecule has 1 atom stereocenters. The van der Waals surface area contributed by atoms with Crippen LogP contribution in [0.5, 0.6) is 5.75 Å². The van der Waals surface area contributed by atoms with Crippen LogP contribution in [0.15, 0.2) is 24.3 Å². The lowest BCUT2D eigenvalue weighted by Crippen LogP contribution is -2.24. The van der Waals surface area contributed by atoms with E-state index in [2.05, 4.69) is 6.07 Å². The van der Waals surface area contributed by atoms with Crippen LogP contribution in [0.3, 0.4) is 0 Å². The molecule has 1 heterocycles. The molecule has 4 heteroatoms. The molecule has 1 aliphatic rings. The highest BCUT2D eigenvalue weighted by Gasteiger charge is 2.30. The normalized spacial score (nSPS) is 19.1. The van der Waals surface area contributed by atoms with Crippen molar-refractivity contribution in [3.05, 3.63) is 24.3 Å². The minimum absolute atomic E-state index is 0.0130. The zero-order valence-electron chi connectivity index (χ0n) is 10.6. The zero-order chi connectivity index (χ0) is 13.1. The van der Waals surface area contributed by atoms with Gasteiger partial charge in [0.1, 0.15) is 5.75 Å². The Labute approximate surface area is 107 Å². The Hall–Kier alpha value is -2.02. The number of nitrogens with zero attached hydrogens (tertiary/aromatic N) is 2. The molecule has 94 valence electrons. The van der Waals surface area contributed by atoms with E-state index in [9.17, 15) is 4.79 Å². The molecule has 0 N–H and O–H groups in total. The van der Waals surface area contributed by atoms with Crippen LogP contribution < -0.4 is 9.64 Å². The number of amides is 1. The zero-order valence-corrected chi connectivity index (χ0v) is 10.6. The maximum Gasteiger partial charge on any atom is 0.228 e. The van der Waals surface area contributed by atoms with Gasteiger partial charge in [-0.2, -0.15) is 5.26 Å². The molecule has 0 aliphatic carbocycles. The number of hydrogen-bond donors (Lipinski definition) is 0. The summed E-state index contributed by atoms with van der Waals surface area (Å²) in [4.78, 5) is 13.4. The van der Waals surface area contributed by atoms with Crippen molar-refractivity contribution >= 4 is 11.6 Å².